The molecule has 0 spiro atoms. The minimum Gasteiger partial charge on any atom is -0.333 e. The minimum absolute atomic E-state index is 0.233. The Bertz CT molecular complexity index is 258. The Balaban J connectivity index is 2.57. The van der Waals surface area contributed by atoms with Crippen LogP contribution in [0.4, 0.5) is 0 Å². The number of alkyl halides is 1. The first-order chi connectivity index (χ1) is 7.10. The molecule has 4 nitrogen and oxygen atoms in total. The molecule has 0 aromatic rings. The normalized spacial score (nSPS) is 19.7. The summed E-state index contributed by atoms with van der Waals surface area (Å²) in [6.45, 7) is 6.28. The van der Waals surface area contributed by atoms with E-state index in [0.717, 1.165) is 0 Å². The second-order valence-corrected chi connectivity index (χ2v) is 4.20. The molecule has 0 aromatic heterocycles. The van der Waals surface area contributed by atoms with E-state index in [1.54, 1.807) is 9.80 Å². The van der Waals surface area contributed by atoms with Crippen molar-refractivity contribution in [1.82, 2.24) is 9.80 Å². The molecule has 0 radical (unpaired) electrons. The first-order valence-electron chi connectivity index (χ1n) is 5.24. The van der Waals surface area contributed by atoms with Crippen molar-refractivity contribution >= 4 is 23.4 Å². The number of likely N-dealkylation sites (N-methyl/N-ethyl adjacent to an activating group) is 1. The molecule has 2 amide bonds. The third kappa shape index (κ3) is 2.84. The van der Waals surface area contributed by atoms with Gasteiger partial charge in [-0.15, -0.1) is 11.6 Å². The summed E-state index contributed by atoms with van der Waals surface area (Å²) in [5, 5.41) is 0. The Morgan fingerprint density at radius 3 is 2.33 bits per heavy atom. The van der Waals surface area contributed by atoms with Gasteiger partial charge in [0, 0.05) is 32.1 Å². The Morgan fingerprint density at radius 2 is 1.80 bits per heavy atom. The molecule has 1 fully saturated rings. The van der Waals surface area contributed by atoms with Crippen molar-refractivity contribution < 1.29 is 9.59 Å². The van der Waals surface area contributed by atoms with E-state index in [4.69, 9.17) is 11.6 Å². The number of hydrogen-bond acceptors (Lipinski definition) is 2. The van der Waals surface area contributed by atoms with Crippen LogP contribution >= 0.6 is 11.6 Å². The summed E-state index contributed by atoms with van der Waals surface area (Å²) in [4.78, 5) is 26.3. The van der Waals surface area contributed by atoms with Crippen molar-refractivity contribution in [2.75, 3.05) is 32.1 Å². The van der Waals surface area contributed by atoms with Crippen molar-refractivity contribution in [2.24, 2.45) is 5.92 Å². The SMILES string of the molecule is CCN1CCN(CC(C)CCl)C(=O)C1=O. The van der Waals surface area contributed by atoms with Crippen LogP contribution in [0, 0.1) is 5.92 Å². The highest BCUT2D eigenvalue weighted by molar-refractivity contribution is 6.35. The molecule has 1 rings (SSSR count). The smallest absolute Gasteiger partial charge is 0.312 e. The summed E-state index contributed by atoms with van der Waals surface area (Å²) < 4.78 is 0. The van der Waals surface area contributed by atoms with Gasteiger partial charge >= 0.3 is 11.8 Å². The van der Waals surface area contributed by atoms with Crippen molar-refractivity contribution in [3.63, 3.8) is 0 Å². The molecule has 86 valence electrons. The Kier molecular flexibility index (Phi) is 4.39. The van der Waals surface area contributed by atoms with Crippen LogP contribution in [-0.2, 0) is 9.59 Å². The molecule has 0 bridgehead atoms. The minimum atomic E-state index is -0.389. The average molecular weight is 233 g/mol. The van der Waals surface area contributed by atoms with Gasteiger partial charge < -0.3 is 9.80 Å². The zero-order valence-corrected chi connectivity index (χ0v) is 9.96. The second kappa shape index (κ2) is 5.35. The van der Waals surface area contributed by atoms with Crippen LogP contribution < -0.4 is 0 Å². The molecule has 1 unspecified atom stereocenters. The zero-order chi connectivity index (χ0) is 11.4. The van der Waals surface area contributed by atoms with E-state index < -0.39 is 0 Å². The van der Waals surface area contributed by atoms with Crippen LogP contribution in [0.3, 0.4) is 0 Å². The van der Waals surface area contributed by atoms with E-state index in [1.807, 2.05) is 13.8 Å². The average Bonchev–Trinajstić information content (AvgIpc) is 2.25. The maximum atomic E-state index is 11.6. The van der Waals surface area contributed by atoms with Crippen LogP contribution in [0.2, 0.25) is 0 Å². The summed E-state index contributed by atoms with van der Waals surface area (Å²) in [5.41, 5.74) is 0. The van der Waals surface area contributed by atoms with Crippen LogP contribution in [0.15, 0.2) is 0 Å². The lowest BCUT2D eigenvalue weighted by molar-refractivity contribution is -0.156. The standard InChI is InChI=1S/C10H17ClN2O2/c1-3-12-4-5-13(7-8(2)6-11)10(15)9(12)14/h8H,3-7H2,1-2H3. The van der Waals surface area contributed by atoms with Gasteiger partial charge in [-0.25, -0.2) is 0 Å². The summed E-state index contributed by atoms with van der Waals surface area (Å²) in [7, 11) is 0. The number of nitrogens with zero attached hydrogens (tertiary/aromatic N) is 2. The number of carbonyl (C=O) groups is 2. The van der Waals surface area contributed by atoms with Crippen molar-refractivity contribution in [3.05, 3.63) is 0 Å². The number of piperazine rings is 1. The summed E-state index contributed by atoms with van der Waals surface area (Å²) in [5.74, 6) is -0.0303. The molecule has 1 heterocycles. The van der Waals surface area contributed by atoms with E-state index in [2.05, 4.69) is 0 Å². The lowest BCUT2D eigenvalue weighted by Gasteiger charge is -2.34. The number of rotatable bonds is 4. The van der Waals surface area contributed by atoms with Gasteiger partial charge in [0.25, 0.3) is 0 Å². The third-order valence-electron chi connectivity index (χ3n) is 2.57. The molecule has 0 N–H and O–H groups in total. The molecule has 1 aliphatic heterocycles. The maximum absolute atomic E-state index is 11.6. The summed E-state index contributed by atoms with van der Waals surface area (Å²) in [6.07, 6.45) is 0. The van der Waals surface area contributed by atoms with E-state index in [9.17, 15) is 9.59 Å². The second-order valence-electron chi connectivity index (χ2n) is 3.90. The van der Waals surface area contributed by atoms with Gasteiger partial charge in [-0.2, -0.15) is 0 Å². The zero-order valence-electron chi connectivity index (χ0n) is 9.20. The topological polar surface area (TPSA) is 40.6 Å². The highest BCUT2D eigenvalue weighted by Crippen LogP contribution is 2.08. The molecule has 5 heteroatoms. The molecule has 0 aliphatic carbocycles. The number of halogens is 1. The first kappa shape index (κ1) is 12.3. The van der Waals surface area contributed by atoms with E-state index in [0.29, 0.717) is 32.1 Å². The van der Waals surface area contributed by atoms with Crippen molar-refractivity contribution in [2.45, 2.75) is 13.8 Å². The fourth-order valence-electron chi connectivity index (χ4n) is 1.62. The lowest BCUT2D eigenvalue weighted by Crippen LogP contribution is -2.55. The van der Waals surface area contributed by atoms with Gasteiger partial charge in [0.1, 0.15) is 0 Å². The van der Waals surface area contributed by atoms with Crippen molar-refractivity contribution in [3.8, 4) is 0 Å². The van der Waals surface area contributed by atoms with E-state index in [1.165, 1.54) is 0 Å². The van der Waals surface area contributed by atoms with Gasteiger partial charge in [-0.05, 0) is 12.8 Å². The highest BCUT2D eigenvalue weighted by atomic mass is 35.5. The fourth-order valence-corrected chi connectivity index (χ4v) is 1.71. The lowest BCUT2D eigenvalue weighted by atomic mass is 10.2. The van der Waals surface area contributed by atoms with E-state index in [-0.39, 0.29) is 17.7 Å². The van der Waals surface area contributed by atoms with Crippen LogP contribution in [-0.4, -0.2) is 53.7 Å². The molecular formula is C10H17ClN2O2. The van der Waals surface area contributed by atoms with Crippen LogP contribution in [0.1, 0.15) is 13.8 Å². The predicted molar refractivity (Wildman–Crippen MR) is 58.7 cm³/mol. The van der Waals surface area contributed by atoms with Crippen molar-refractivity contribution in [1.29, 1.82) is 0 Å². The van der Waals surface area contributed by atoms with Crippen LogP contribution in [0.5, 0.6) is 0 Å². The maximum Gasteiger partial charge on any atom is 0.312 e. The van der Waals surface area contributed by atoms with Gasteiger partial charge in [-0.3, -0.25) is 9.59 Å². The molecule has 15 heavy (non-hydrogen) atoms. The molecule has 1 aliphatic rings. The molecular weight excluding hydrogens is 216 g/mol. The Morgan fingerprint density at radius 1 is 1.27 bits per heavy atom. The molecule has 0 aromatic carbocycles. The Labute approximate surface area is 95.2 Å². The molecule has 1 atom stereocenters. The number of amides is 2. The van der Waals surface area contributed by atoms with Gasteiger partial charge in [0.05, 0.1) is 0 Å². The largest absolute Gasteiger partial charge is 0.333 e. The van der Waals surface area contributed by atoms with E-state index >= 15 is 0 Å². The highest BCUT2D eigenvalue weighted by Gasteiger charge is 2.31. The summed E-state index contributed by atoms with van der Waals surface area (Å²) >= 11 is 5.68. The fraction of sp³-hybridized carbons (Fsp3) is 0.800. The predicted octanol–water partition coefficient (Wildman–Crippen LogP) is 0.552. The number of hydrogen-bond donors (Lipinski definition) is 0. The monoisotopic (exact) mass is 232 g/mol. The van der Waals surface area contributed by atoms with Gasteiger partial charge in [-0.1, -0.05) is 6.92 Å². The summed E-state index contributed by atoms with van der Waals surface area (Å²) in [6, 6.07) is 0. The van der Waals surface area contributed by atoms with Gasteiger partial charge in [0.2, 0.25) is 0 Å². The molecule has 0 saturated carbocycles. The molecule has 1 saturated heterocycles. The van der Waals surface area contributed by atoms with Gasteiger partial charge in [0.15, 0.2) is 0 Å². The first-order valence-corrected chi connectivity index (χ1v) is 5.77. The quantitative estimate of drug-likeness (QED) is 0.525. The Hall–Kier alpha value is -0.770. The third-order valence-corrected chi connectivity index (χ3v) is 3.10. The number of carbonyl (C=O) groups excluding carboxylic acids is 2. The van der Waals surface area contributed by atoms with Crippen LogP contribution in [0.25, 0.3) is 0 Å².